The van der Waals surface area contributed by atoms with E-state index in [1.54, 1.807) is 0 Å². The van der Waals surface area contributed by atoms with Crippen molar-refractivity contribution in [3.8, 4) is 0 Å². The zero-order valence-corrected chi connectivity index (χ0v) is 11.5. The van der Waals surface area contributed by atoms with Gasteiger partial charge in [-0.3, -0.25) is 0 Å². The smallest absolute Gasteiger partial charge is 0.128 e. The molecule has 0 aromatic heterocycles. The van der Waals surface area contributed by atoms with E-state index in [-0.39, 0.29) is 0 Å². The van der Waals surface area contributed by atoms with E-state index < -0.39 is 0 Å². The minimum absolute atomic E-state index is 0.936. The van der Waals surface area contributed by atoms with E-state index in [0.29, 0.717) is 0 Å². The lowest BCUT2D eigenvalue weighted by Crippen LogP contribution is -2.02. The maximum Gasteiger partial charge on any atom is 0.128 e. The van der Waals surface area contributed by atoms with Crippen molar-refractivity contribution in [2.24, 2.45) is 4.99 Å². The van der Waals surface area contributed by atoms with Crippen molar-refractivity contribution >= 4 is 11.9 Å². The van der Waals surface area contributed by atoms with Gasteiger partial charge in [-0.25, -0.2) is 4.99 Å². The van der Waals surface area contributed by atoms with Crippen LogP contribution in [0.25, 0.3) is 0 Å². The van der Waals surface area contributed by atoms with Crippen LogP contribution < -0.4 is 5.32 Å². The van der Waals surface area contributed by atoms with Crippen molar-refractivity contribution in [2.75, 3.05) is 5.32 Å². The van der Waals surface area contributed by atoms with Gasteiger partial charge < -0.3 is 5.32 Å². The van der Waals surface area contributed by atoms with Crippen LogP contribution in [-0.4, -0.2) is 6.21 Å². The lowest BCUT2D eigenvalue weighted by atomic mass is 10.1. The van der Waals surface area contributed by atoms with Crippen LogP contribution in [0.3, 0.4) is 0 Å². The molecule has 0 saturated heterocycles. The number of hydrogen-bond donors (Lipinski definition) is 1. The second-order valence-corrected chi connectivity index (χ2v) is 4.38. The van der Waals surface area contributed by atoms with Crippen LogP contribution in [0.15, 0.2) is 34.6 Å². The summed E-state index contributed by atoms with van der Waals surface area (Å²) >= 11 is 0. The maximum atomic E-state index is 4.36. The number of nitrogens with one attached hydrogen (secondary N) is 1. The first-order valence-corrected chi connectivity index (χ1v) is 6.11. The summed E-state index contributed by atoms with van der Waals surface area (Å²) in [6.07, 6.45) is 2.84. The van der Waals surface area contributed by atoms with Gasteiger partial charge in [-0.2, -0.15) is 0 Å². The van der Waals surface area contributed by atoms with Crippen molar-refractivity contribution in [1.82, 2.24) is 0 Å². The van der Waals surface area contributed by atoms with Crippen molar-refractivity contribution in [2.45, 2.75) is 41.0 Å². The molecule has 92 valence electrons. The van der Waals surface area contributed by atoms with Gasteiger partial charge in [-0.05, 0) is 51.3 Å². The summed E-state index contributed by atoms with van der Waals surface area (Å²) in [5.74, 6) is 0.936. The quantitative estimate of drug-likeness (QED) is 0.766. The van der Waals surface area contributed by atoms with Gasteiger partial charge in [0.2, 0.25) is 0 Å². The number of allylic oxidation sites excluding steroid dienone is 1. The molecule has 2 nitrogen and oxygen atoms in total. The highest BCUT2D eigenvalue weighted by Gasteiger charge is 2.03. The van der Waals surface area contributed by atoms with Gasteiger partial charge in [0.05, 0.1) is 0 Å². The van der Waals surface area contributed by atoms with E-state index >= 15 is 0 Å². The average Bonchev–Trinajstić information content (AvgIpc) is 2.30. The fraction of sp³-hybridized carbons (Fsp3) is 0.400. The van der Waals surface area contributed by atoms with Crippen LogP contribution in [0.5, 0.6) is 0 Å². The van der Waals surface area contributed by atoms with E-state index in [2.05, 4.69) is 56.2 Å². The number of hydrogen-bond acceptors (Lipinski definition) is 2. The molecule has 0 heterocycles. The molecule has 0 aliphatic carbocycles. The van der Waals surface area contributed by atoms with E-state index in [1.807, 2.05) is 13.1 Å². The second kappa shape index (κ2) is 6.24. The predicted molar refractivity (Wildman–Crippen MR) is 76.7 cm³/mol. The summed E-state index contributed by atoms with van der Waals surface area (Å²) in [5, 5.41) is 3.41. The first-order valence-electron chi connectivity index (χ1n) is 6.11. The molecular weight excluding hydrogens is 208 g/mol. The van der Waals surface area contributed by atoms with Crippen LogP contribution in [0, 0.1) is 6.92 Å². The summed E-state index contributed by atoms with van der Waals surface area (Å²) in [5.41, 5.74) is 4.96. The average molecular weight is 230 g/mol. The van der Waals surface area contributed by atoms with E-state index in [9.17, 15) is 0 Å². The second-order valence-electron chi connectivity index (χ2n) is 4.38. The Morgan fingerprint density at radius 2 is 2.06 bits per heavy atom. The van der Waals surface area contributed by atoms with Crippen molar-refractivity contribution < 1.29 is 0 Å². The third-order valence-corrected chi connectivity index (χ3v) is 2.63. The Labute approximate surface area is 104 Å². The molecule has 1 rings (SSSR count). The van der Waals surface area contributed by atoms with Crippen LogP contribution in [0.4, 0.5) is 5.69 Å². The van der Waals surface area contributed by atoms with Gasteiger partial charge in [0.1, 0.15) is 5.82 Å². The number of anilines is 1. The Bertz CT molecular complexity index is 438. The number of rotatable bonds is 4. The number of aliphatic imine (C=N–C) groups is 1. The van der Waals surface area contributed by atoms with Crippen molar-refractivity contribution in [1.29, 1.82) is 0 Å². The molecule has 17 heavy (non-hydrogen) atoms. The minimum atomic E-state index is 0.936. The Kier molecular flexibility index (Phi) is 4.95. The molecule has 1 aromatic rings. The molecule has 0 aliphatic heterocycles. The highest BCUT2D eigenvalue weighted by molar-refractivity contribution is 5.60. The van der Waals surface area contributed by atoms with Gasteiger partial charge in [0, 0.05) is 11.9 Å². The van der Waals surface area contributed by atoms with Gasteiger partial charge in [-0.15, -0.1) is 0 Å². The molecule has 0 atom stereocenters. The number of nitrogens with zero attached hydrogens (tertiary/aromatic N) is 1. The lowest BCUT2D eigenvalue weighted by molar-refractivity contribution is 1.11. The van der Waals surface area contributed by atoms with Crippen LogP contribution in [0.1, 0.15) is 38.8 Å². The first kappa shape index (κ1) is 13.5. The van der Waals surface area contributed by atoms with Crippen molar-refractivity contribution in [3.63, 3.8) is 0 Å². The summed E-state index contributed by atoms with van der Waals surface area (Å²) in [6, 6.07) is 6.47. The highest BCUT2D eigenvalue weighted by Crippen LogP contribution is 2.21. The van der Waals surface area contributed by atoms with E-state index in [4.69, 9.17) is 0 Å². The standard InChI is InChI=1S/C15H22N2/c1-6-13-10-12(5)8-9-14(13)17-15(11(3)4)16-7-2/h7-10,17H,6H2,1-5H3/b16-7-. The monoisotopic (exact) mass is 230 g/mol. The maximum absolute atomic E-state index is 4.36. The van der Waals surface area contributed by atoms with Crippen LogP contribution in [-0.2, 0) is 6.42 Å². The largest absolute Gasteiger partial charge is 0.340 e. The number of benzene rings is 1. The first-order chi connectivity index (χ1) is 8.08. The molecule has 1 aromatic carbocycles. The molecule has 0 aliphatic rings. The number of aryl methyl sites for hydroxylation is 2. The van der Waals surface area contributed by atoms with Gasteiger partial charge >= 0.3 is 0 Å². The molecule has 0 unspecified atom stereocenters. The van der Waals surface area contributed by atoms with Gasteiger partial charge in [-0.1, -0.05) is 24.6 Å². The van der Waals surface area contributed by atoms with Gasteiger partial charge in [0.15, 0.2) is 0 Å². The normalized spacial score (nSPS) is 10.6. The minimum Gasteiger partial charge on any atom is -0.340 e. The summed E-state index contributed by atoms with van der Waals surface area (Å²) in [4.78, 5) is 4.36. The molecule has 0 spiro atoms. The Morgan fingerprint density at radius 1 is 1.35 bits per heavy atom. The van der Waals surface area contributed by atoms with Gasteiger partial charge in [0.25, 0.3) is 0 Å². The summed E-state index contributed by atoms with van der Waals surface area (Å²) in [7, 11) is 0. The zero-order valence-electron chi connectivity index (χ0n) is 11.5. The zero-order chi connectivity index (χ0) is 12.8. The fourth-order valence-electron chi connectivity index (χ4n) is 1.68. The lowest BCUT2D eigenvalue weighted by Gasteiger charge is -2.13. The molecule has 1 N–H and O–H groups in total. The molecule has 0 fully saturated rings. The summed E-state index contributed by atoms with van der Waals surface area (Å²) in [6.45, 7) is 10.4. The third kappa shape index (κ3) is 3.74. The van der Waals surface area contributed by atoms with Crippen molar-refractivity contribution in [3.05, 3.63) is 40.7 Å². The summed E-state index contributed by atoms with van der Waals surface area (Å²) < 4.78 is 0. The molecule has 2 heteroatoms. The van der Waals surface area contributed by atoms with Crippen LogP contribution >= 0.6 is 0 Å². The molecular formula is C15H22N2. The van der Waals surface area contributed by atoms with E-state index in [0.717, 1.165) is 17.9 Å². The van der Waals surface area contributed by atoms with E-state index in [1.165, 1.54) is 16.7 Å². The van der Waals surface area contributed by atoms with Crippen LogP contribution in [0.2, 0.25) is 0 Å². The topological polar surface area (TPSA) is 24.4 Å². The molecule has 0 saturated carbocycles. The Hall–Kier alpha value is -1.57. The molecule has 0 radical (unpaired) electrons. The predicted octanol–water partition coefficient (Wildman–Crippen LogP) is 4.31. The SMILES string of the molecule is C/C=N\C(Nc1ccc(C)cc1CC)=C(C)C. The molecule has 0 bridgehead atoms. The Balaban J connectivity index is 3.06. The fourth-order valence-corrected chi connectivity index (χ4v) is 1.68. The Morgan fingerprint density at radius 3 is 2.59 bits per heavy atom. The highest BCUT2D eigenvalue weighted by atomic mass is 15.0. The third-order valence-electron chi connectivity index (χ3n) is 2.63. The molecule has 0 amide bonds.